The molecule has 1 aromatic heterocycles. The average molecular weight is 394 g/mol. The van der Waals surface area contributed by atoms with Gasteiger partial charge in [-0.05, 0) is 38.8 Å². The molecule has 1 aliphatic rings. The first-order valence-corrected chi connectivity index (χ1v) is 10.0. The van der Waals surface area contributed by atoms with Gasteiger partial charge in [0.15, 0.2) is 5.96 Å². The number of aromatic nitrogens is 2. The Balaban J connectivity index is 1.62. The number of hydrogen-bond acceptors (Lipinski definition) is 4. The molecular weight excluding hydrogens is 362 g/mol. The fourth-order valence-electron chi connectivity index (χ4n) is 3.69. The smallest absolute Gasteiger partial charge is 0.194 e. The molecule has 1 aromatic carbocycles. The summed E-state index contributed by atoms with van der Waals surface area (Å²) in [5, 5.41) is 17.6. The standard InChI is InChI=1S/C22H31N7/c1-21(2)15-28(22(21,3)4)20(25-5)26-13-9-12-18-17(14-23)19(24)29(27-18)16-10-7-6-8-11-16/h6-8,10-11H,9,12-13,15,24H2,1-5H3,(H,25,26). The Morgan fingerprint density at radius 3 is 2.52 bits per heavy atom. The van der Waals surface area contributed by atoms with Crippen molar-refractivity contribution >= 4 is 11.8 Å². The number of nitrogen functional groups attached to an aromatic ring is 1. The van der Waals surface area contributed by atoms with E-state index in [2.05, 4.69) is 54.1 Å². The molecule has 29 heavy (non-hydrogen) atoms. The van der Waals surface area contributed by atoms with E-state index in [1.807, 2.05) is 37.4 Å². The van der Waals surface area contributed by atoms with Gasteiger partial charge in [-0.1, -0.05) is 32.0 Å². The number of aryl methyl sites for hydroxylation is 1. The summed E-state index contributed by atoms with van der Waals surface area (Å²) in [7, 11) is 1.82. The van der Waals surface area contributed by atoms with E-state index in [1.54, 1.807) is 4.68 Å². The largest absolute Gasteiger partial charge is 0.382 e. The summed E-state index contributed by atoms with van der Waals surface area (Å²) in [6.45, 7) is 10.8. The van der Waals surface area contributed by atoms with E-state index in [1.165, 1.54) is 0 Å². The Kier molecular flexibility index (Phi) is 5.56. The van der Waals surface area contributed by atoms with Crippen LogP contribution in [0.25, 0.3) is 5.69 Å². The van der Waals surface area contributed by atoms with Crippen LogP contribution in [0.1, 0.15) is 45.4 Å². The normalized spacial score (nSPS) is 17.5. The van der Waals surface area contributed by atoms with Gasteiger partial charge in [0.2, 0.25) is 0 Å². The third kappa shape index (κ3) is 3.67. The highest BCUT2D eigenvalue weighted by molar-refractivity contribution is 5.82. The van der Waals surface area contributed by atoms with Crippen LogP contribution >= 0.6 is 0 Å². The van der Waals surface area contributed by atoms with E-state index >= 15 is 0 Å². The monoisotopic (exact) mass is 393 g/mol. The van der Waals surface area contributed by atoms with Gasteiger partial charge < -0.3 is 16.0 Å². The molecule has 0 atom stereocenters. The second-order valence-corrected chi connectivity index (χ2v) is 8.67. The predicted octanol–water partition coefficient (Wildman–Crippen LogP) is 2.95. The van der Waals surface area contributed by atoms with Crippen LogP contribution in [0.5, 0.6) is 0 Å². The zero-order chi connectivity index (χ0) is 21.2. The number of guanidine groups is 1. The lowest BCUT2D eigenvalue weighted by Gasteiger charge is -2.62. The minimum atomic E-state index is 0.0612. The van der Waals surface area contributed by atoms with Crippen molar-refractivity contribution in [3.63, 3.8) is 0 Å². The van der Waals surface area contributed by atoms with Gasteiger partial charge in [0.05, 0.1) is 11.4 Å². The van der Waals surface area contributed by atoms with Crippen LogP contribution in [0.15, 0.2) is 35.3 Å². The zero-order valence-corrected chi connectivity index (χ0v) is 18.0. The van der Waals surface area contributed by atoms with Gasteiger partial charge >= 0.3 is 0 Å². The molecule has 2 aromatic rings. The number of likely N-dealkylation sites (tertiary alicyclic amines) is 1. The molecule has 2 heterocycles. The lowest BCUT2D eigenvalue weighted by molar-refractivity contribution is -0.0667. The Bertz CT molecular complexity index is 932. The number of rotatable bonds is 5. The first kappa shape index (κ1) is 20.7. The first-order valence-electron chi connectivity index (χ1n) is 10.0. The van der Waals surface area contributed by atoms with Gasteiger partial charge in [-0.15, -0.1) is 0 Å². The van der Waals surface area contributed by atoms with Crippen LogP contribution in [0, 0.1) is 16.7 Å². The van der Waals surface area contributed by atoms with Gasteiger partial charge in [-0.3, -0.25) is 4.99 Å². The SMILES string of the molecule is CN=C(NCCCc1nn(-c2ccccc2)c(N)c1C#N)N1CC(C)(C)C1(C)C. The molecule has 0 radical (unpaired) electrons. The second-order valence-electron chi connectivity index (χ2n) is 8.67. The number of aliphatic imine (C=N–C) groups is 1. The third-order valence-electron chi connectivity index (χ3n) is 6.33. The number of para-hydroxylation sites is 1. The lowest BCUT2D eigenvalue weighted by Crippen LogP contribution is -2.72. The molecule has 0 unspecified atom stereocenters. The van der Waals surface area contributed by atoms with Crippen molar-refractivity contribution in [3.8, 4) is 11.8 Å². The van der Waals surface area contributed by atoms with Gasteiger partial charge in [-0.2, -0.15) is 10.4 Å². The summed E-state index contributed by atoms with van der Waals surface area (Å²) in [5.74, 6) is 1.31. The highest BCUT2D eigenvalue weighted by Crippen LogP contribution is 2.46. The van der Waals surface area contributed by atoms with Crippen molar-refractivity contribution < 1.29 is 0 Å². The van der Waals surface area contributed by atoms with Crippen LogP contribution in [0.3, 0.4) is 0 Å². The van der Waals surface area contributed by atoms with Gasteiger partial charge in [0, 0.05) is 31.1 Å². The minimum absolute atomic E-state index is 0.0612. The third-order valence-corrected chi connectivity index (χ3v) is 6.33. The first-order chi connectivity index (χ1) is 13.7. The van der Waals surface area contributed by atoms with Crippen LogP contribution in [-0.2, 0) is 6.42 Å². The molecule has 7 heteroatoms. The molecular formula is C22H31N7. The summed E-state index contributed by atoms with van der Waals surface area (Å²) in [5.41, 5.74) is 8.55. The maximum atomic E-state index is 9.54. The molecule has 1 aliphatic heterocycles. The Morgan fingerprint density at radius 2 is 1.97 bits per heavy atom. The number of nitrogens with zero attached hydrogens (tertiary/aromatic N) is 5. The maximum absolute atomic E-state index is 9.54. The van der Waals surface area contributed by atoms with Crippen LogP contribution < -0.4 is 11.1 Å². The minimum Gasteiger partial charge on any atom is -0.382 e. The highest BCUT2D eigenvalue weighted by Gasteiger charge is 2.53. The molecule has 0 bridgehead atoms. The van der Waals surface area contributed by atoms with Crippen molar-refractivity contribution in [3.05, 3.63) is 41.6 Å². The lowest BCUT2D eigenvalue weighted by atomic mass is 9.65. The van der Waals surface area contributed by atoms with Gasteiger partial charge in [-0.25, -0.2) is 4.68 Å². The quantitative estimate of drug-likeness (QED) is 0.463. The van der Waals surface area contributed by atoms with Crippen LogP contribution in [0.4, 0.5) is 5.82 Å². The highest BCUT2D eigenvalue weighted by atomic mass is 15.4. The molecule has 7 nitrogen and oxygen atoms in total. The van der Waals surface area contributed by atoms with E-state index in [0.29, 0.717) is 17.8 Å². The van der Waals surface area contributed by atoms with Crippen molar-refractivity contribution in [1.82, 2.24) is 20.0 Å². The van der Waals surface area contributed by atoms with E-state index < -0.39 is 0 Å². The molecule has 0 amide bonds. The van der Waals surface area contributed by atoms with Crippen molar-refractivity contribution in [2.24, 2.45) is 10.4 Å². The Labute approximate surface area is 173 Å². The van der Waals surface area contributed by atoms with Gasteiger partial charge in [0.25, 0.3) is 0 Å². The summed E-state index contributed by atoms with van der Waals surface area (Å²) in [6, 6.07) is 11.9. The number of nitriles is 1. The zero-order valence-electron chi connectivity index (χ0n) is 18.0. The summed E-state index contributed by atoms with van der Waals surface area (Å²) < 4.78 is 1.64. The van der Waals surface area contributed by atoms with Crippen molar-refractivity contribution in [2.45, 2.75) is 46.1 Å². The Morgan fingerprint density at radius 1 is 1.28 bits per heavy atom. The van der Waals surface area contributed by atoms with E-state index in [4.69, 9.17) is 5.73 Å². The molecule has 0 aliphatic carbocycles. The fraction of sp³-hybridized carbons (Fsp3) is 0.500. The molecule has 154 valence electrons. The molecule has 1 saturated heterocycles. The van der Waals surface area contributed by atoms with E-state index in [0.717, 1.165) is 36.9 Å². The summed E-state index contributed by atoms with van der Waals surface area (Å²) in [6.07, 6.45) is 1.50. The average Bonchev–Trinajstić information content (AvgIpc) is 3.02. The number of nitrogens with two attached hydrogens (primary N) is 1. The maximum Gasteiger partial charge on any atom is 0.194 e. The molecule has 3 rings (SSSR count). The summed E-state index contributed by atoms with van der Waals surface area (Å²) in [4.78, 5) is 6.76. The van der Waals surface area contributed by atoms with Crippen LogP contribution in [-0.4, -0.2) is 46.3 Å². The number of benzene rings is 1. The molecule has 0 saturated carbocycles. The number of nitrogens with one attached hydrogen (secondary N) is 1. The molecule has 3 N–H and O–H groups in total. The second kappa shape index (κ2) is 7.78. The summed E-state index contributed by atoms with van der Waals surface area (Å²) >= 11 is 0. The number of hydrogen-bond donors (Lipinski definition) is 2. The number of anilines is 1. The fourth-order valence-corrected chi connectivity index (χ4v) is 3.69. The van der Waals surface area contributed by atoms with Crippen LogP contribution in [0.2, 0.25) is 0 Å². The molecule has 0 spiro atoms. The van der Waals surface area contributed by atoms with Gasteiger partial charge in [0.1, 0.15) is 17.5 Å². The van der Waals surface area contributed by atoms with Crippen molar-refractivity contribution in [1.29, 1.82) is 5.26 Å². The van der Waals surface area contributed by atoms with E-state index in [9.17, 15) is 5.26 Å². The topological polar surface area (TPSA) is 95.3 Å². The van der Waals surface area contributed by atoms with Crippen molar-refractivity contribution in [2.75, 3.05) is 25.9 Å². The molecule has 1 fully saturated rings. The predicted molar refractivity (Wildman–Crippen MR) is 117 cm³/mol. The van der Waals surface area contributed by atoms with E-state index in [-0.39, 0.29) is 11.0 Å². The Hall–Kier alpha value is -3.01.